The first-order chi connectivity index (χ1) is 18.9. The summed E-state index contributed by atoms with van der Waals surface area (Å²) in [6.07, 6.45) is 1.64. The fraction of sp³-hybridized carbons (Fsp3) is 0.0938. The summed E-state index contributed by atoms with van der Waals surface area (Å²) in [5.41, 5.74) is 3.54. The number of anilines is 1. The molecule has 0 saturated carbocycles. The Morgan fingerprint density at radius 3 is 2.28 bits per heavy atom. The van der Waals surface area contributed by atoms with Crippen LogP contribution in [0.2, 0.25) is 0 Å². The van der Waals surface area contributed by atoms with E-state index in [0.29, 0.717) is 22.6 Å². The van der Waals surface area contributed by atoms with Gasteiger partial charge < -0.3 is 15.4 Å². The first-order valence-corrected chi connectivity index (χ1v) is 13.3. The standard InChI is InChI=1S/C32H28N2O4S/c1-22-14-16-23(17-15-22)18-29(34-31(36)24-8-4-3-5-9-24)32(37)33-26-11-7-13-28(20-26)39-21-30(35)25-10-6-12-27(19-25)38-2/h3-20H,21H2,1-2H3,(H,33,37)(H,34,36)/b29-18-. The molecule has 0 atom stereocenters. The highest BCUT2D eigenvalue weighted by Gasteiger charge is 2.16. The predicted molar refractivity (Wildman–Crippen MR) is 156 cm³/mol. The van der Waals surface area contributed by atoms with Crippen LogP contribution in [-0.4, -0.2) is 30.5 Å². The maximum absolute atomic E-state index is 13.3. The number of Topliss-reactive ketones (excluding diaryl/α,β-unsaturated/α-hetero) is 1. The second-order valence-corrected chi connectivity index (χ2v) is 9.76. The Bertz CT molecular complexity index is 1500. The third-order valence-corrected chi connectivity index (χ3v) is 6.76. The van der Waals surface area contributed by atoms with Gasteiger partial charge in [0.05, 0.1) is 12.9 Å². The molecular formula is C32H28N2O4S. The van der Waals surface area contributed by atoms with Gasteiger partial charge in [-0.15, -0.1) is 11.8 Å². The summed E-state index contributed by atoms with van der Waals surface area (Å²) in [5, 5.41) is 5.62. The highest BCUT2D eigenvalue weighted by Crippen LogP contribution is 2.24. The summed E-state index contributed by atoms with van der Waals surface area (Å²) in [4.78, 5) is 39.6. The molecule has 6 nitrogen and oxygen atoms in total. The van der Waals surface area contributed by atoms with Crippen molar-refractivity contribution in [3.63, 3.8) is 0 Å². The zero-order valence-electron chi connectivity index (χ0n) is 21.6. The van der Waals surface area contributed by atoms with Gasteiger partial charge in [0.15, 0.2) is 5.78 Å². The number of hydrogen-bond acceptors (Lipinski definition) is 5. The first kappa shape index (κ1) is 27.4. The number of nitrogens with one attached hydrogen (secondary N) is 2. The molecule has 196 valence electrons. The van der Waals surface area contributed by atoms with Gasteiger partial charge in [-0.25, -0.2) is 0 Å². The smallest absolute Gasteiger partial charge is 0.272 e. The largest absolute Gasteiger partial charge is 0.497 e. The van der Waals surface area contributed by atoms with Crippen LogP contribution >= 0.6 is 11.8 Å². The summed E-state index contributed by atoms with van der Waals surface area (Å²) < 4.78 is 5.20. The second-order valence-electron chi connectivity index (χ2n) is 8.71. The van der Waals surface area contributed by atoms with E-state index in [-0.39, 0.29) is 23.1 Å². The molecule has 0 radical (unpaired) electrons. The van der Waals surface area contributed by atoms with Gasteiger partial charge in [-0.3, -0.25) is 14.4 Å². The fourth-order valence-electron chi connectivity index (χ4n) is 3.66. The van der Waals surface area contributed by atoms with E-state index in [1.165, 1.54) is 11.8 Å². The Hall–Kier alpha value is -4.62. The first-order valence-electron chi connectivity index (χ1n) is 12.3. The molecule has 4 aromatic carbocycles. The molecule has 0 spiro atoms. The molecule has 7 heteroatoms. The molecule has 4 rings (SSSR count). The van der Waals surface area contributed by atoms with Gasteiger partial charge in [0, 0.05) is 21.7 Å². The third kappa shape index (κ3) is 7.93. The van der Waals surface area contributed by atoms with E-state index in [9.17, 15) is 14.4 Å². The maximum atomic E-state index is 13.3. The number of carbonyl (C=O) groups is 3. The van der Waals surface area contributed by atoms with E-state index in [4.69, 9.17) is 4.74 Å². The van der Waals surface area contributed by atoms with Crippen LogP contribution in [0.3, 0.4) is 0 Å². The fourth-order valence-corrected chi connectivity index (χ4v) is 4.51. The lowest BCUT2D eigenvalue weighted by Gasteiger charge is -2.12. The summed E-state index contributed by atoms with van der Waals surface area (Å²) in [6, 6.07) is 30.6. The van der Waals surface area contributed by atoms with Gasteiger partial charge in [0.2, 0.25) is 0 Å². The van der Waals surface area contributed by atoms with Crippen molar-refractivity contribution in [1.29, 1.82) is 0 Å². The monoisotopic (exact) mass is 536 g/mol. The zero-order chi connectivity index (χ0) is 27.6. The Kier molecular flexibility index (Phi) is 9.32. The van der Waals surface area contributed by atoms with Crippen molar-refractivity contribution < 1.29 is 19.1 Å². The summed E-state index contributed by atoms with van der Waals surface area (Å²) in [6.45, 7) is 1.98. The van der Waals surface area contributed by atoms with Crippen LogP contribution in [0.5, 0.6) is 5.75 Å². The van der Waals surface area contributed by atoms with Crippen LogP contribution < -0.4 is 15.4 Å². The van der Waals surface area contributed by atoms with Crippen molar-refractivity contribution in [1.82, 2.24) is 5.32 Å². The Labute approximate surface area is 232 Å². The average molecular weight is 537 g/mol. The van der Waals surface area contributed by atoms with Gasteiger partial charge in [-0.05, 0) is 61.0 Å². The van der Waals surface area contributed by atoms with Crippen molar-refractivity contribution in [2.24, 2.45) is 0 Å². The van der Waals surface area contributed by atoms with Crippen molar-refractivity contribution in [3.05, 3.63) is 131 Å². The highest BCUT2D eigenvalue weighted by molar-refractivity contribution is 8.00. The lowest BCUT2D eigenvalue weighted by Crippen LogP contribution is -2.30. The topological polar surface area (TPSA) is 84.5 Å². The second kappa shape index (κ2) is 13.3. The molecule has 0 aliphatic rings. The van der Waals surface area contributed by atoms with Crippen molar-refractivity contribution in [2.45, 2.75) is 11.8 Å². The van der Waals surface area contributed by atoms with Crippen LogP contribution in [0, 0.1) is 6.92 Å². The van der Waals surface area contributed by atoms with Crippen LogP contribution in [0.25, 0.3) is 6.08 Å². The predicted octanol–water partition coefficient (Wildman–Crippen LogP) is 6.39. The number of ketones is 1. The van der Waals surface area contributed by atoms with Gasteiger partial charge in [0.25, 0.3) is 11.8 Å². The molecule has 0 unspecified atom stereocenters. The van der Waals surface area contributed by atoms with E-state index in [1.807, 2.05) is 43.3 Å². The molecular weight excluding hydrogens is 508 g/mol. The molecule has 4 aromatic rings. The van der Waals surface area contributed by atoms with Crippen molar-refractivity contribution in [2.75, 3.05) is 18.2 Å². The Morgan fingerprint density at radius 1 is 0.821 bits per heavy atom. The third-order valence-electron chi connectivity index (χ3n) is 5.77. The number of benzene rings is 4. The van der Waals surface area contributed by atoms with Gasteiger partial charge in [-0.2, -0.15) is 0 Å². The van der Waals surface area contributed by atoms with E-state index in [1.54, 1.807) is 79.9 Å². The number of rotatable bonds is 10. The van der Waals surface area contributed by atoms with Gasteiger partial charge in [0.1, 0.15) is 11.4 Å². The van der Waals surface area contributed by atoms with E-state index in [2.05, 4.69) is 10.6 Å². The molecule has 0 saturated heterocycles. The van der Waals surface area contributed by atoms with Crippen LogP contribution in [0.4, 0.5) is 5.69 Å². The average Bonchev–Trinajstić information content (AvgIpc) is 2.97. The molecule has 0 aromatic heterocycles. The van der Waals surface area contributed by atoms with Crippen LogP contribution in [-0.2, 0) is 4.79 Å². The molecule has 2 N–H and O–H groups in total. The minimum atomic E-state index is -0.463. The lowest BCUT2D eigenvalue weighted by molar-refractivity contribution is -0.113. The minimum Gasteiger partial charge on any atom is -0.497 e. The van der Waals surface area contributed by atoms with E-state index >= 15 is 0 Å². The van der Waals surface area contributed by atoms with E-state index < -0.39 is 5.91 Å². The normalized spacial score (nSPS) is 11.0. The number of aryl methyl sites for hydroxylation is 1. The number of thioether (sulfide) groups is 1. The molecule has 39 heavy (non-hydrogen) atoms. The molecule has 2 amide bonds. The SMILES string of the molecule is COc1cccc(C(=O)CSc2cccc(NC(=O)/C(=C/c3ccc(C)cc3)NC(=O)c3ccccc3)c2)c1. The van der Waals surface area contributed by atoms with Gasteiger partial charge >= 0.3 is 0 Å². The molecule has 0 bridgehead atoms. The lowest BCUT2D eigenvalue weighted by atomic mass is 10.1. The number of methoxy groups -OCH3 is 1. The summed E-state index contributed by atoms with van der Waals surface area (Å²) >= 11 is 1.37. The van der Waals surface area contributed by atoms with Crippen LogP contribution in [0.1, 0.15) is 31.8 Å². The number of ether oxygens (including phenoxy) is 1. The quantitative estimate of drug-likeness (QED) is 0.139. The zero-order valence-corrected chi connectivity index (χ0v) is 22.5. The molecule has 0 heterocycles. The number of amides is 2. The highest BCUT2D eigenvalue weighted by atomic mass is 32.2. The summed E-state index contributed by atoms with van der Waals surface area (Å²) in [5.74, 6) is -0.0142. The van der Waals surface area contributed by atoms with Gasteiger partial charge in [-0.1, -0.05) is 66.2 Å². The minimum absolute atomic E-state index is 0.0275. The molecule has 0 aliphatic carbocycles. The van der Waals surface area contributed by atoms with Crippen LogP contribution in [0.15, 0.2) is 114 Å². The Morgan fingerprint density at radius 2 is 1.54 bits per heavy atom. The summed E-state index contributed by atoms with van der Waals surface area (Å²) in [7, 11) is 1.56. The van der Waals surface area contributed by atoms with Crippen molar-refractivity contribution >= 4 is 41.1 Å². The Balaban J connectivity index is 1.48. The molecule has 0 aliphatic heterocycles. The maximum Gasteiger partial charge on any atom is 0.272 e. The van der Waals surface area contributed by atoms with E-state index in [0.717, 1.165) is 16.0 Å². The molecule has 0 fully saturated rings. The number of carbonyl (C=O) groups excluding carboxylic acids is 3. The van der Waals surface area contributed by atoms with Crippen molar-refractivity contribution in [3.8, 4) is 5.75 Å². The number of hydrogen-bond donors (Lipinski definition) is 2.